The molecule has 11 nitrogen and oxygen atoms in total. The van der Waals surface area contributed by atoms with E-state index in [4.69, 9.17) is 18.9 Å². The first-order valence-corrected chi connectivity index (χ1v) is 12.9. The van der Waals surface area contributed by atoms with Crippen LogP contribution in [-0.4, -0.2) is 63.6 Å². The summed E-state index contributed by atoms with van der Waals surface area (Å²) in [4.78, 5) is 48.8. The summed E-state index contributed by atoms with van der Waals surface area (Å²) in [6.45, 7) is 2.46. The van der Waals surface area contributed by atoms with Crippen LogP contribution >= 0.6 is 0 Å². The standard InChI is InChI=1S/C28H29N3O8/c1-17(32)36-16-24-23(37-18(2)33)10-11-26(38-24)39-28(12-6-3-7-13-28)25-15-31(30-29-25)21-14-22(34)19-8-4-5-9-20(19)27(21)35/h4-5,8-11,14-15,23-24,26H,3,6-7,12-13,16H2,1-2H3/t23-,24+,26+/m0/s1. The van der Waals surface area contributed by atoms with E-state index in [-0.39, 0.29) is 23.9 Å². The van der Waals surface area contributed by atoms with E-state index >= 15 is 0 Å². The number of ketones is 2. The van der Waals surface area contributed by atoms with Gasteiger partial charge in [-0.05, 0) is 25.0 Å². The number of benzene rings is 1. The second kappa shape index (κ2) is 11.0. The van der Waals surface area contributed by atoms with Crippen LogP contribution in [0.5, 0.6) is 0 Å². The van der Waals surface area contributed by atoms with Crippen molar-refractivity contribution in [3.05, 3.63) is 65.5 Å². The second-order valence-corrected chi connectivity index (χ2v) is 9.79. The lowest BCUT2D eigenvalue weighted by molar-refractivity contribution is -0.244. The van der Waals surface area contributed by atoms with Crippen LogP contribution in [0.4, 0.5) is 0 Å². The van der Waals surface area contributed by atoms with E-state index < -0.39 is 36.0 Å². The Labute approximate surface area is 224 Å². The number of nitrogens with zero attached hydrogens (tertiary/aromatic N) is 3. The predicted octanol–water partition coefficient (Wildman–Crippen LogP) is 3.15. The van der Waals surface area contributed by atoms with Crippen LogP contribution in [0, 0.1) is 0 Å². The van der Waals surface area contributed by atoms with E-state index in [9.17, 15) is 19.2 Å². The first kappa shape index (κ1) is 26.6. The maximum Gasteiger partial charge on any atom is 0.303 e. The molecular formula is C28H29N3O8. The first-order chi connectivity index (χ1) is 18.8. The molecular weight excluding hydrogens is 506 g/mol. The normalized spacial score (nSPS) is 24.1. The van der Waals surface area contributed by atoms with E-state index in [1.54, 1.807) is 42.6 Å². The van der Waals surface area contributed by atoms with E-state index in [1.165, 1.54) is 24.6 Å². The molecule has 0 unspecified atom stereocenters. The third-order valence-electron chi connectivity index (χ3n) is 7.03. The number of rotatable bonds is 7. The second-order valence-electron chi connectivity index (χ2n) is 9.79. The van der Waals surface area contributed by atoms with Crippen LogP contribution in [0.15, 0.2) is 48.7 Å². The van der Waals surface area contributed by atoms with Gasteiger partial charge in [-0.1, -0.05) is 48.7 Å². The predicted molar refractivity (Wildman–Crippen MR) is 135 cm³/mol. The van der Waals surface area contributed by atoms with Gasteiger partial charge in [0, 0.05) is 31.1 Å². The quantitative estimate of drug-likeness (QED) is 0.384. The fraction of sp³-hybridized carbons (Fsp3) is 0.429. The van der Waals surface area contributed by atoms with Gasteiger partial charge in [-0.25, -0.2) is 4.68 Å². The Bertz CT molecular complexity index is 1350. The molecule has 1 aliphatic heterocycles. The number of hydrogen-bond acceptors (Lipinski definition) is 10. The average molecular weight is 536 g/mol. The highest BCUT2D eigenvalue weighted by atomic mass is 16.7. The highest BCUT2D eigenvalue weighted by molar-refractivity contribution is 6.35. The summed E-state index contributed by atoms with van der Waals surface area (Å²) in [5, 5.41) is 8.56. The van der Waals surface area contributed by atoms with Crippen LogP contribution in [-0.2, 0) is 34.1 Å². The summed E-state index contributed by atoms with van der Waals surface area (Å²) in [6.07, 6.45) is 7.92. The Morgan fingerprint density at radius 1 is 1.05 bits per heavy atom. The van der Waals surface area contributed by atoms with Crippen LogP contribution in [0.3, 0.4) is 0 Å². The zero-order chi connectivity index (χ0) is 27.6. The Hall–Kier alpha value is -3.96. The molecule has 1 fully saturated rings. The molecule has 2 aliphatic carbocycles. The molecule has 1 aromatic carbocycles. The number of Topliss-reactive ketones (excluding diaryl/α,β-unsaturated/α-hetero) is 1. The van der Waals surface area contributed by atoms with E-state index in [2.05, 4.69) is 10.3 Å². The molecule has 0 radical (unpaired) electrons. The van der Waals surface area contributed by atoms with Gasteiger partial charge in [0.2, 0.25) is 5.78 Å². The number of fused-ring (bicyclic) bond motifs is 1. The van der Waals surface area contributed by atoms with Crippen LogP contribution in [0.25, 0.3) is 5.70 Å². The zero-order valence-corrected chi connectivity index (χ0v) is 21.7. The van der Waals surface area contributed by atoms with Crippen molar-refractivity contribution in [3.8, 4) is 0 Å². The summed E-state index contributed by atoms with van der Waals surface area (Å²) >= 11 is 0. The molecule has 0 bridgehead atoms. The highest BCUT2D eigenvalue weighted by Gasteiger charge is 2.42. The van der Waals surface area contributed by atoms with Gasteiger partial charge in [0.25, 0.3) is 0 Å². The SMILES string of the molecule is CC(=O)OC[C@H]1O[C@H](OC2(c3cn(C4=CC(=O)c5ccccc5C4=O)nn3)CCCCC2)C=C[C@@H]1OC(C)=O. The van der Waals surface area contributed by atoms with Gasteiger partial charge in [-0.2, -0.15) is 0 Å². The molecule has 39 heavy (non-hydrogen) atoms. The van der Waals surface area contributed by atoms with Gasteiger partial charge in [0.05, 0.1) is 6.20 Å². The maximum absolute atomic E-state index is 13.2. The minimum atomic E-state index is -0.869. The number of ether oxygens (including phenoxy) is 4. The van der Waals surface area contributed by atoms with Crippen molar-refractivity contribution in [3.63, 3.8) is 0 Å². The molecule has 11 heteroatoms. The number of hydrogen-bond donors (Lipinski definition) is 0. The van der Waals surface area contributed by atoms with E-state index in [0.29, 0.717) is 29.7 Å². The fourth-order valence-corrected chi connectivity index (χ4v) is 5.17. The summed E-state index contributed by atoms with van der Waals surface area (Å²) < 4.78 is 24.3. The first-order valence-electron chi connectivity index (χ1n) is 12.9. The Morgan fingerprint density at radius 2 is 1.79 bits per heavy atom. The van der Waals surface area contributed by atoms with Crippen molar-refractivity contribution in [1.82, 2.24) is 15.0 Å². The van der Waals surface area contributed by atoms with Crippen molar-refractivity contribution in [2.45, 2.75) is 70.1 Å². The lowest BCUT2D eigenvalue weighted by Crippen LogP contribution is -2.45. The molecule has 3 aliphatic rings. The summed E-state index contributed by atoms with van der Waals surface area (Å²) in [5.41, 5.74) is 0.435. The molecule has 2 aromatic rings. The van der Waals surface area contributed by atoms with Crippen LogP contribution in [0.2, 0.25) is 0 Å². The van der Waals surface area contributed by atoms with E-state index in [0.717, 1.165) is 19.3 Å². The maximum atomic E-state index is 13.2. The highest BCUT2D eigenvalue weighted by Crippen LogP contribution is 2.42. The molecule has 3 atom stereocenters. The smallest absolute Gasteiger partial charge is 0.303 e. The van der Waals surface area contributed by atoms with E-state index in [1.807, 2.05) is 0 Å². The van der Waals surface area contributed by atoms with Gasteiger partial charge < -0.3 is 18.9 Å². The molecule has 0 N–H and O–H groups in total. The van der Waals surface area contributed by atoms with Gasteiger partial charge in [-0.3, -0.25) is 19.2 Å². The van der Waals surface area contributed by atoms with Crippen molar-refractivity contribution in [2.24, 2.45) is 0 Å². The Balaban J connectivity index is 1.40. The van der Waals surface area contributed by atoms with Crippen molar-refractivity contribution < 1.29 is 38.1 Å². The molecule has 0 saturated heterocycles. The third kappa shape index (κ3) is 5.59. The molecule has 0 spiro atoms. The monoisotopic (exact) mass is 535 g/mol. The summed E-state index contributed by atoms with van der Waals surface area (Å²) in [7, 11) is 0. The number of aromatic nitrogens is 3. The number of carbonyl (C=O) groups is 4. The lowest BCUT2D eigenvalue weighted by Gasteiger charge is -2.40. The van der Waals surface area contributed by atoms with Gasteiger partial charge in [-0.15, -0.1) is 5.10 Å². The van der Waals surface area contributed by atoms with Crippen molar-refractivity contribution >= 4 is 29.2 Å². The fourth-order valence-electron chi connectivity index (χ4n) is 5.17. The molecule has 5 rings (SSSR count). The molecule has 2 heterocycles. The summed E-state index contributed by atoms with van der Waals surface area (Å²) in [6, 6.07) is 6.67. The topological polar surface area (TPSA) is 136 Å². The average Bonchev–Trinajstić information content (AvgIpc) is 3.42. The van der Waals surface area contributed by atoms with Gasteiger partial charge in [0.15, 0.2) is 12.1 Å². The number of esters is 2. The molecule has 1 saturated carbocycles. The van der Waals surface area contributed by atoms with Gasteiger partial charge in [0.1, 0.15) is 35.8 Å². The zero-order valence-electron chi connectivity index (χ0n) is 21.7. The minimum absolute atomic E-state index is 0.114. The Morgan fingerprint density at radius 3 is 2.51 bits per heavy atom. The number of carbonyl (C=O) groups excluding carboxylic acids is 4. The molecule has 0 amide bonds. The minimum Gasteiger partial charge on any atom is -0.463 e. The summed E-state index contributed by atoms with van der Waals surface area (Å²) in [5.74, 6) is -1.57. The molecule has 1 aromatic heterocycles. The van der Waals surface area contributed by atoms with Gasteiger partial charge >= 0.3 is 11.9 Å². The van der Waals surface area contributed by atoms with Crippen LogP contribution < -0.4 is 0 Å². The number of allylic oxidation sites excluding steroid dienone is 2. The largest absolute Gasteiger partial charge is 0.463 e. The lowest BCUT2D eigenvalue weighted by atomic mass is 9.82. The molecule has 204 valence electrons. The van der Waals surface area contributed by atoms with Crippen molar-refractivity contribution in [1.29, 1.82) is 0 Å². The third-order valence-corrected chi connectivity index (χ3v) is 7.03. The van der Waals surface area contributed by atoms with Crippen molar-refractivity contribution in [2.75, 3.05) is 6.61 Å². The Kier molecular flexibility index (Phi) is 7.53. The van der Waals surface area contributed by atoms with Crippen LogP contribution in [0.1, 0.15) is 72.4 Å².